The summed E-state index contributed by atoms with van der Waals surface area (Å²) in [6.45, 7) is 12.2. The number of rotatable bonds is 10. The second-order valence-electron chi connectivity index (χ2n) is 20.4. The van der Waals surface area contributed by atoms with E-state index in [2.05, 4.69) is 106 Å². The molecule has 6 aromatic rings. The van der Waals surface area contributed by atoms with E-state index >= 15 is 0 Å². The number of halogens is 2. The average Bonchev–Trinajstić information content (AvgIpc) is 4.13. The molecule has 7 atom stereocenters. The Bertz CT molecular complexity index is 2590. The maximum absolute atomic E-state index is 6.35. The molecule has 0 amide bonds. The number of nitrogens with zero attached hydrogens (tertiary/aromatic N) is 6. The number of pyridine rings is 1. The maximum Gasteiger partial charge on any atom is 0.233 e. The van der Waals surface area contributed by atoms with Crippen LogP contribution in [0.25, 0.3) is 44.6 Å². The highest BCUT2D eigenvalue weighted by Crippen LogP contribution is 2.44. The molecule has 9 heterocycles. The van der Waals surface area contributed by atoms with Crippen LogP contribution in [0.5, 0.6) is 17.5 Å². The van der Waals surface area contributed by atoms with Gasteiger partial charge in [-0.05, 0) is 126 Å². The zero-order valence-corrected chi connectivity index (χ0v) is 41.2. The van der Waals surface area contributed by atoms with E-state index in [1.165, 1.54) is 48.8 Å². The highest BCUT2D eigenvalue weighted by molar-refractivity contribution is 6.40. The van der Waals surface area contributed by atoms with Crippen molar-refractivity contribution in [2.75, 3.05) is 11.9 Å². The number of nitrogens with two attached hydrogens (primary N) is 1. The van der Waals surface area contributed by atoms with Crippen molar-refractivity contribution < 1.29 is 19.0 Å². The number of ether oxygens (including phenoxy) is 3. The summed E-state index contributed by atoms with van der Waals surface area (Å²) in [7, 11) is 0. The molecule has 4 bridgehead atoms. The normalized spacial score (nSPS) is 28.1. The molecule has 0 saturated carbocycles. The van der Waals surface area contributed by atoms with Gasteiger partial charge in [0.15, 0.2) is 5.75 Å². The first-order valence-electron chi connectivity index (χ1n) is 23.9. The summed E-state index contributed by atoms with van der Waals surface area (Å²) >= 11 is 9.53. The molecule has 16 heteroatoms. The monoisotopic (exact) mass is 962 g/mol. The second-order valence-corrected chi connectivity index (χ2v) is 21.2. The fraction of sp³-hybridized carbons (Fsp3) is 0.481. The molecule has 5 saturated heterocycles. The first-order valence-corrected chi connectivity index (χ1v) is 24.9. The highest BCUT2D eigenvalue weighted by Gasteiger charge is 2.50. The maximum atomic E-state index is 6.35. The lowest BCUT2D eigenvalue weighted by atomic mass is 9.86. The van der Waals surface area contributed by atoms with Gasteiger partial charge in [0.2, 0.25) is 11.8 Å². The van der Waals surface area contributed by atoms with E-state index in [0.29, 0.717) is 17.3 Å². The third-order valence-corrected chi connectivity index (χ3v) is 14.5. The Morgan fingerprint density at radius 3 is 1.87 bits per heavy atom. The van der Waals surface area contributed by atoms with E-state index in [-0.39, 0.29) is 45.9 Å². The van der Waals surface area contributed by atoms with Crippen LogP contribution in [0.4, 0.5) is 0 Å². The van der Waals surface area contributed by atoms with Crippen LogP contribution in [0, 0.1) is 6.92 Å². The second kappa shape index (κ2) is 20.1. The van der Waals surface area contributed by atoms with Gasteiger partial charge in [0.1, 0.15) is 18.4 Å². The van der Waals surface area contributed by atoms with Crippen molar-refractivity contribution in [3.8, 4) is 62.1 Å². The minimum absolute atomic E-state index is 0.0652. The fourth-order valence-electron chi connectivity index (χ4n) is 11.4. The van der Waals surface area contributed by atoms with Gasteiger partial charge >= 0.3 is 0 Å². The van der Waals surface area contributed by atoms with E-state index in [1.54, 1.807) is 6.20 Å². The predicted molar refractivity (Wildman–Crippen MR) is 267 cm³/mol. The molecule has 3 unspecified atom stereocenters. The van der Waals surface area contributed by atoms with Gasteiger partial charge in [-0.1, -0.05) is 24.3 Å². The average molecular weight is 964 g/mol. The third-order valence-electron chi connectivity index (χ3n) is 14.5. The standard InChI is InChI=1S/C29H36N4O2.C22H26N6O2.CH2Cl2/c1-20-14-21(23-18-31-33(19-23)27-6-4-5-13-34-27)7-9-25(20)22-8-10-26(30-17-22)35-24-15-28(2)11-12-29(3,16-24)32-28;1-21-7-8-22(2,28-21)11-16(10-21)29-20-6-5-18(26-27-20)17-4-3-14(9-19(17)30-23)15-12-24-25-13-15;2-1-3/h7-10,14,17-19,24,27,32H,4-6,11-13,15-16H2,1-3H3;3-6,9,12-13,16,28H,7-8,10-11,23H2,1-2H3,(H,24,25);1H2/t24?,27?,28-,29+;16?,21-,22+;. The minimum Gasteiger partial charge on any atom is -0.474 e. The van der Waals surface area contributed by atoms with Gasteiger partial charge in [-0.15, -0.1) is 33.4 Å². The summed E-state index contributed by atoms with van der Waals surface area (Å²) in [4.78, 5) is 9.78. The molecule has 360 valence electrons. The SMILES string of the molecule is C[C@]12CC[C@](C)(CC(Oc3ccc(-c4ccc(-c5cn[nH]c5)cc4ON)nn3)C1)N2.Cc1cc(-c2cnn(C3CCCCO3)c2)ccc1-c1ccc(OC2C[C@]3(C)CC[C@](C)(C2)N3)nc1.ClCCl. The number of H-pyrrole nitrogens is 1. The summed E-state index contributed by atoms with van der Waals surface area (Å²) in [5.41, 5.74) is 9.82. The van der Waals surface area contributed by atoms with Crippen LogP contribution in [-0.2, 0) is 4.74 Å². The molecule has 5 fully saturated rings. The van der Waals surface area contributed by atoms with Crippen molar-refractivity contribution in [3.63, 3.8) is 0 Å². The molecule has 5 N–H and O–H groups in total. The summed E-state index contributed by atoms with van der Waals surface area (Å²) in [6.07, 6.45) is 22.2. The quantitative estimate of drug-likeness (QED) is 0.0757. The Morgan fingerprint density at radius 1 is 0.706 bits per heavy atom. The summed E-state index contributed by atoms with van der Waals surface area (Å²) in [6, 6.07) is 20.2. The van der Waals surface area contributed by atoms with E-state index in [0.717, 1.165) is 78.8 Å². The van der Waals surface area contributed by atoms with Crippen molar-refractivity contribution in [2.45, 2.75) is 146 Å². The first kappa shape index (κ1) is 48.0. The van der Waals surface area contributed by atoms with Crippen LogP contribution in [0.2, 0.25) is 0 Å². The Kier molecular flexibility index (Phi) is 14.2. The van der Waals surface area contributed by atoms with Crippen molar-refractivity contribution in [1.29, 1.82) is 0 Å². The molecular formula is C52H64Cl2N10O4. The Labute approximate surface area is 409 Å². The molecule has 68 heavy (non-hydrogen) atoms. The van der Waals surface area contributed by atoms with E-state index in [9.17, 15) is 0 Å². The molecule has 11 rings (SSSR count). The number of hydrogen-bond acceptors (Lipinski definition) is 12. The van der Waals surface area contributed by atoms with E-state index in [4.69, 9.17) is 48.1 Å². The number of hydrogen-bond donors (Lipinski definition) is 4. The van der Waals surface area contributed by atoms with Gasteiger partial charge in [-0.2, -0.15) is 16.1 Å². The molecule has 5 aliphatic heterocycles. The highest BCUT2D eigenvalue weighted by atomic mass is 35.5. The summed E-state index contributed by atoms with van der Waals surface area (Å²) in [5.74, 6) is 7.30. The molecule has 5 aliphatic rings. The lowest BCUT2D eigenvalue weighted by Gasteiger charge is -2.41. The summed E-state index contributed by atoms with van der Waals surface area (Å²) in [5, 5.41) is 27.8. The van der Waals surface area contributed by atoms with Crippen LogP contribution >= 0.6 is 23.2 Å². The van der Waals surface area contributed by atoms with Gasteiger partial charge in [0.05, 0.1) is 23.4 Å². The molecule has 4 aromatic heterocycles. The van der Waals surface area contributed by atoms with Crippen LogP contribution < -0.4 is 30.8 Å². The lowest BCUT2D eigenvalue weighted by molar-refractivity contribution is -0.0394. The number of aryl methyl sites for hydroxylation is 1. The predicted octanol–water partition coefficient (Wildman–Crippen LogP) is 10.7. The zero-order valence-electron chi connectivity index (χ0n) is 39.7. The van der Waals surface area contributed by atoms with Crippen LogP contribution in [0.15, 0.2) is 91.6 Å². The Balaban J connectivity index is 0.000000162. The van der Waals surface area contributed by atoms with Crippen molar-refractivity contribution in [2.24, 2.45) is 5.90 Å². The van der Waals surface area contributed by atoms with Gasteiger partial charge in [0.25, 0.3) is 0 Å². The zero-order chi connectivity index (χ0) is 47.5. The Morgan fingerprint density at radius 2 is 1.32 bits per heavy atom. The number of piperidine rings is 2. The Hall–Kier alpha value is -5.09. The molecule has 14 nitrogen and oxygen atoms in total. The van der Waals surface area contributed by atoms with Gasteiger partial charge in [0, 0.05) is 107 Å². The minimum atomic E-state index is 0.0652. The van der Waals surface area contributed by atoms with Crippen molar-refractivity contribution in [3.05, 3.63) is 97.2 Å². The number of aromatic nitrogens is 7. The number of nitrogens with one attached hydrogen (secondary N) is 3. The van der Waals surface area contributed by atoms with Crippen LogP contribution in [-0.4, -0.2) is 81.5 Å². The first-order chi connectivity index (χ1) is 32.7. The largest absolute Gasteiger partial charge is 0.474 e. The number of benzene rings is 2. The molecule has 0 radical (unpaired) electrons. The number of aromatic amines is 1. The smallest absolute Gasteiger partial charge is 0.233 e. The molecule has 2 aromatic carbocycles. The number of alkyl halides is 2. The van der Waals surface area contributed by atoms with Crippen LogP contribution in [0.3, 0.4) is 0 Å². The topological polar surface area (TPSA) is 172 Å². The van der Waals surface area contributed by atoms with E-state index < -0.39 is 0 Å². The van der Waals surface area contributed by atoms with Crippen molar-refractivity contribution >= 4 is 23.2 Å². The van der Waals surface area contributed by atoms with Gasteiger partial charge in [-0.3, -0.25) is 5.10 Å². The van der Waals surface area contributed by atoms with Gasteiger partial charge in [-0.25, -0.2) is 9.67 Å². The van der Waals surface area contributed by atoms with Gasteiger partial charge < -0.3 is 29.7 Å². The van der Waals surface area contributed by atoms with Crippen molar-refractivity contribution in [1.82, 2.24) is 45.8 Å². The fourth-order valence-corrected chi connectivity index (χ4v) is 11.4. The third kappa shape index (κ3) is 11.0. The van der Waals surface area contributed by atoms with Crippen LogP contribution in [0.1, 0.15) is 110 Å². The van der Waals surface area contributed by atoms with E-state index in [1.807, 2.05) is 59.7 Å². The molecular weight excluding hydrogens is 900 g/mol. The molecule has 0 spiro atoms. The molecule has 0 aliphatic carbocycles. The lowest BCUT2D eigenvalue weighted by Crippen LogP contribution is -2.56. The number of fused-ring (bicyclic) bond motifs is 4. The summed E-state index contributed by atoms with van der Waals surface area (Å²) < 4.78 is 20.4.